The second kappa shape index (κ2) is 13.6. The van der Waals surface area contributed by atoms with Gasteiger partial charge in [0.25, 0.3) is 5.91 Å². The number of sulfonamides is 1. The number of benzene rings is 1. The molecule has 37 heavy (non-hydrogen) atoms. The van der Waals surface area contributed by atoms with E-state index in [0.29, 0.717) is 49.1 Å². The summed E-state index contributed by atoms with van der Waals surface area (Å²) in [4.78, 5) is 17.1. The predicted octanol–water partition coefficient (Wildman–Crippen LogP) is 3.43. The fourth-order valence-electron chi connectivity index (χ4n) is 5.40. The molecule has 0 radical (unpaired) electrons. The number of piperazine rings is 1. The van der Waals surface area contributed by atoms with Crippen molar-refractivity contribution in [1.82, 2.24) is 19.4 Å². The van der Waals surface area contributed by atoms with Crippen molar-refractivity contribution in [3.8, 4) is 11.8 Å². The van der Waals surface area contributed by atoms with E-state index in [1.54, 1.807) is 15.3 Å². The zero-order valence-electron chi connectivity index (χ0n) is 21.4. The number of halogens is 2. The molecule has 2 atom stereocenters. The molecule has 1 aromatic rings. The first-order valence-electron chi connectivity index (χ1n) is 13.5. The smallest absolute Gasteiger partial charge is 0.298 e. The van der Waals surface area contributed by atoms with Gasteiger partial charge in [0.15, 0.2) is 0 Å². The first-order valence-corrected chi connectivity index (χ1v) is 15.8. The number of carbonyl (C=O) groups is 1. The minimum absolute atomic E-state index is 0.0953. The molecule has 0 saturated carbocycles. The number of hydrogen-bond acceptors (Lipinski definition) is 5. The lowest BCUT2D eigenvalue weighted by atomic mass is 9.90. The Morgan fingerprint density at radius 2 is 1.81 bits per heavy atom. The third-order valence-corrected chi connectivity index (χ3v) is 10.3. The summed E-state index contributed by atoms with van der Waals surface area (Å²) in [5.74, 6) is 6.00. The highest BCUT2D eigenvalue weighted by atomic mass is 35.5. The van der Waals surface area contributed by atoms with Crippen molar-refractivity contribution in [2.45, 2.75) is 44.4 Å². The Labute approximate surface area is 231 Å². The third-order valence-electron chi connectivity index (χ3n) is 7.64. The van der Waals surface area contributed by atoms with Gasteiger partial charge in [-0.1, -0.05) is 41.6 Å². The number of rotatable bonds is 8. The molecule has 1 N–H and O–H groups in total. The van der Waals surface area contributed by atoms with Crippen LogP contribution in [0.2, 0.25) is 10.0 Å². The zero-order chi connectivity index (χ0) is 26.3. The summed E-state index contributed by atoms with van der Waals surface area (Å²) < 4.78 is 27.2. The Morgan fingerprint density at radius 1 is 1.00 bits per heavy atom. The number of hydrogen-bond donors (Lipinski definition) is 1. The van der Waals surface area contributed by atoms with Gasteiger partial charge in [-0.15, -0.1) is 0 Å². The summed E-state index contributed by atoms with van der Waals surface area (Å²) in [6.45, 7) is 7.43. The van der Waals surface area contributed by atoms with Gasteiger partial charge in [-0.3, -0.25) is 4.79 Å². The van der Waals surface area contributed by atoms with Crippen LogP contribution in [0.5, 0.6) is 0 Å². The lowest BCUT2D eigenvalue weighted by Crippen LogP contribution is -2.43. The van der Waals surface area contributed by atoms with E-state index in [1.807, 2.05) is 12.1 Å². The Hall–Kier alpha value is -1.34. The molecule has 0 unspecified atom stereocenters. The average Bonchev–Trinajstić information content (AvgIpc) is 3.39. The van der Waals surface area contributed by atoms with Crippen molar-refractivity contribution in [2.75, 3.05) is 64.7 Å². The normalized spacial score (nSPS) is 23.6. The van der Waals surface area contributed by atoms with E-state index in [1.165, 1.54) is 0 Å². The molecule has 0 spiro atoms. The van der Waals surface area contributed by atoms with E-state index in [-0.39, 0.29) is 23.5 Å². The average molecular weight is 570 g/mol. The molecule has 10 heteroatoms. The molecule has 0 aliphatic carbocycles. The number of amides is 1. The van der Waals surface area contributed by atoms with Gasteiger partial charge in [0, 0.05) is 64.2 Å². The van der Waals surface area contributed by atoms with Crippen molar-refractivity contribution >= 4 is 39.1 Å². The van der Waals surface area contributed by atoms with E-state index >= 15 is 0 Å². The number of nitrogens with one attached hydrogen (secondary N) is 1. The molecule has 3 aliphatic heterocycles. The third kappa shape index (κ3) is 8.32. The van der Waals surface area contributed by atoms with Gasteiger partial charge in [-0.05, 0) is 62.3 Å². The minimum atomic E-state index is -3.28. The Balaban J connectivity index is 1.20. The SMILES string of the molecule is O=C(C#C[C@H]1CCN(S(=O)(=O)CCCCCN2CCNCC2)C1)N1CCC[C@@H](c2ccc(Cl)c(Cl)c2)C1. The topological polar surface area (TPSA) is 73.0 Å². The molecule has 7 nitrogen and oxygen atoms in total. The Bertz CT molecular complexity index is 1100. The summed E-state index contributed by atoms with van der Waals surface area (Å²) in [5, 5.41) is 4.40. The standard InChI is InChI=1S/C27H38Cl2N4O3S/c28-25-8-7-23(19-26(25)29)24-5-4-14-32(21-24)27(34)9-6-22-10-15-33(20-22)37(35,36)18-3-1-2-13-31-16-11-30-12-17-31/h7-8,19,22,24,30H,1-5,10-18,20-21H2/t22-,24+/m0/s1. The minimum Gasteiger partial charge on any atom is -0.331 e. The van der Waals surface area contributed by atoms with Crippen LogP contribution in [0.1, 0.15) is 50.0 Å². The fourth-order valence-corrected chi connectivity index (χ4v) is 7.33. The van der Waals surface area contributed by atoms with Crippen LogP contribution >= 0.6 is 23.2 Å². The molecule has 1 aromatic carbocycles. The maximum atomic E-state index is 12.8. The van der Waals surface area contributed by atoms with E-state index in [2.05, 4.69) is 22.1 Å². The number of unbranched alkanes of at least 4 members (excludes halogenated alkanes) is 2. The molecule has 204 valence electrons. The van der Waals surface area contributed by atoms with Crippen molar-refractivity contribution in [1.29, 1.82) is 0 Å². The maximum absolute atomic E-state index is 12.8. The van der Waals surface area contributed by atoms with Crippen molar-refractivity contribution in [3.63, 3.8) is 0 Å². The summed E-state index contributed by atoms with van der Waals surface area (Å²) >= 11 is 12.2. The number of likely N-dealkylation sites (tertiary alicyclic amines) is 1. The molecule has 0 bridgehead atoms. The van der Waals surface area contributed by atoms with E-state index in [4.69, 9.17) is 23.2 Å². The fraction of sp³-hybridized carbons (Fsp3) is 0.667. The van der Waals surface area contributed by atoms with E-state index in [0.717, 1.165) is 64.0 Å². The second-order valence-electron chi connectivity index (χ2n) is 10.3. The number of carbonyl (C=O) groups excluding carboxylic acids is 1. The van der Waals surface area contributed by atoms with Crippen LogP contribution in [0.15, 0.2) is 18.2 Å². The van der Waals surface area contributed by atoms with Gasteiger partial charge in [0.2, 0.25) is 10.0 Å². The molecular formula is C27H38Cl2N4O3S. The zero-order valence-corrected chi connectivity index (χ0v) is 23.8. The van der Waals surface area contributed by atoms with Crippen molar-refractivity contribution in [3.05, 3.63) is 33.8 Å². The molecule has 0 aromatic heterocycles. The quantitative estimate of drug-likeness (QED) is 0.384. The molecule has 3 aliphatic rings. The number of piperidine rings is 1. The van der Waals surface area contributed by atoms with Gasteiger partial charge < -0.3 is 15.1 Å². The molecular weight excluding hydrogens is 531 g/mol. The first-order chi connectivity index (χ1) is 17.8. The van der Waals surface area contributed by atoms with Crippen LogP contribution in [0.4, 0.5) is 0 Å². The highest BCUT2D eigenvalue weighted by Gasteiger charge is 2.30. The van der Waals surface area contributed by atoms with Crippen LogP contribution in [0, 0.1) is 17.8 Å². The summed E-state index contributed by atoms with van der Waals surface area (Å²) in [6.07, 6.45) is 5.22. The van der Waals surface area contributed by atoms with Gasteiger partial charge >= 0.3 is 0 Å². The highest BCUT2D eigenvalue weighted by Crippen LogP contribution is 2.31. The van der Waals surface area contributed by atoms with Gasteiger partial charge in [-0.25, -0.2) is 12.7 Å². The van der Waals surface area contributed by atoms with Gasteiger partial charge in [0.1, 0.15) is 0 Å². The predicted molar refractivity (Wildman–Crippen MR) is 149 cm³/mol. The van der Waals surface area contributed by atoms with Crippen LogP contribution in [-0.4, -0.2) is 93.1 Å². The molecule has 3 saturated heterocycles. The van der Waals surface area contributed by atoms with Crippen LogP contribution in [-0.2, 0) is 14.8 Å². The van der Waals surface area contributed by atoms with Crippen LogP contribution in [0.25, 0.3) is 0 Å². The second-order valence-corrected chi connectivity index (χ2v) is 13.2. The van der Waals surface area contributed by atoms with Crippen LogP contribution < -0.4 is 5.32 Å². The maximum Gasteiger partial charge on any atom is 0.298 e. The molecule has 4 rings (SSSR count). The lowest BCUT2D eigenvalue weighted by molar-refractivity contribution is -0.126. The summed E-state index contributed by atoms with van der Waals surface area (Å²) in [5.41, 5.74) is 1.08. The molecule has 3 fully saturated rings. The van der Waals surface area contributed by atoms with Crippen molar-refractivity contribution in [2.24, 2.45) is 5.92 Å². The largest absolute Gasteiger partial charge is 0.331 e. The lowest BCUT2D eigenvalue weighted by Gasteiger charge is -2.32. The Morgan fingerprint density at radius 3 is 2.59 bits per heavy atom. The van der Waals surface area contributed by atoms with Crippen molar-refractivity contribution < 1.29 is 13.2 Å². The van der Waals surface area contributed by atoms with Gasteiger partial charge in [0.05, 0.1) is 15.8 Å². The monoisotopic (exact) mass is 568 g/mol. The highest BCUT2D eigenvalue weighted by molar-refractivity contribution is 7.89. The first kappa shape index (κ1) is 28.7. The summed E-state index contributed by atoms with van der Waals surface area (Å²) in [7, 11) is -3.28. The molecule has 1 amide bonds. The van der Waals surface area contributed by atoms with E-state index in [9.17, 15) is 13.2 Å². The summed E-state index contributed by atoms with van der Waals surface area (Å²) in [6, 6.07) is 5.65. The molecule has 3 heterocycles. The Kier molecular flexibility index (Phi) is 10.6. The van der Waals surface area contributed by atoms with Gasteiger partial charge in [-0.2, -0.15) is 0 Å². The number of nitrogens with zero attached hydrogens (tertiary/aromatic N) is 3. The van der Waals surface area contributed by atoms with E-state index < -0.39 is 10.0 Å². The van der Waals surface area contributed by atoms with Crippen LogP contribution in [0.3, 0.4) is 0 Å².